The number of hydrogen-bond donors (Lipinski definition) is 1. The number of rotatable bonds is 7. The molecule has 1 aliphatic heterocycles. The molecule has 1 aliphatic rings. The van der Waals surface area contributed by atoms with Gasteiger partial charge in [-0.1, -0.05) is 12.1 Å². The van der Waals surface area contributed by atoms with Crippen molar-refractivity contribution in [2.45, 2.75) is 19.8 Å². The first-order valence-electron chi connectivity index (χ1n) is 9.49. The molecule has 1 heterocycles. The Balaban J connectivity index is 1.44. The van der Waals surface area contributed by atoms with Crippen LogP contribution in [0.5, 0.6) is 0 Å². The lowest BCUT2D eigenvalue weighted by molar-refractivity contribution is -0.385. The van der Waals surface area contributed by atoms with Gasteiger partial charge in [-0.15, -0.1) is 0 Å². The van der Waals surface area contributed by atoms with Gasteiger partial charge in [-0.25, -0.2) is 0 Å². The van der Waals surface area contributed by atoms with E-state index in [1.165, 1.54) is 23.4 Å². The van der Waals surface area contributed by atoms with Crippen LogP contribution < -0.4 is 10.2 Å². The zero-order chi connectivity index (χ0) is 19.9. The normalized spacial score (nSPS) is 14.0. The van der Waals surface area contributed by atoms with Gasteiger partial charge < -0.3 is 15.0 Å². The fraction of sp³-hybridized carbons (Fsp3) is 0.381. The fourth-order valence-electron chi connectivity index (χ4n) is 3.29. The number of amides is 1. The van der Waals surface area contributed by atoms with Crippen molar-refractivity contribution >= 4 is 17.3 Å². The van der Waals surface area contributed by atoms with E-state index in [1.54, 1.807) is 13.0 Å². The Hall–Kier alpha value is -2.93. The van der Waals surface area contributed by atoms with Crippen LogP contribution in [0.4, 0.5) is 11.4 Å². The van der Waals surface area contributed by atoms with Gasteiger partial charge in [0.2, 0.25) is 0 Å². The molecule has 1 N–H and O–H groups in total. The molecule has 7 heteroatoms. The first-order chi connectivity index (χ1) is 13.5. The summed E-state index contributed by atoms with van der Waals surface area (Å²) in [6.07, 6.45) is 1.71. The molecule has 1 amide bonds. The van der Waals surface area contributed by atoms with E-state index in [2.05, 4.69) is 34.5 Å². The standard InChI is InChI=1S/C21H25N3O4/c1-16-15-18(6-9-20(16)24(26)27)21(25)22-10-2-3-17-4-7-19(8-5-17)23-11-13-28-14-12-23/h4-9,15H,2-3,10-14H2,1H3,(H,22,25). The molecule has 2 aromatic carbocycles. The monoisotopic (exact) mass is 383 g/mol. The molecule has 28 heavy (non-hydrogen) atoms. The number of carbonyl (C=O) groups is 1. The number of morpholine rings is 1. The Morgan fingerprint density at radius 1 is 1.18 bits per heavy atom. The molecule has 0 unspecified atom stereocenters. The number of nitro groups is 1. The Morgan fingerprint density at radius 2 is 1.89 bits per heavy atom. The number of nitrogens with zero attached hydrogens (tertiary/aromatic N) is 2. The second kappa shape index (κ2) is 9.32. The molecule has 0 atom stereocenters. The summed E-state index contributed by atoms with van der Waals surface area (Å²) in [6.45, 7) is 5.59. The van der Waals surface area contributed by atoms with Crippen molar-refractivity contribution in [3.63, 3.8) is 0 Å². The third-order valence-corrected chi connectivity index (χ3v) is 4.90. The van der Waals surface area contributed by atoms with E-state index in [0.717, 1.165) is 39.1 Å². The van der Waals surface area contributed by atoms with Gasteiger partial charge in [0, 0.05) is 42.5 Å². The van der Waals surface area contributed by atoms with Gasteiger partial charge in [0.25, 0.3) is 11.6 Å². The average Bonchev–Trinajstić information content (AvgIpc) is 2.72. The minimum atomic E-state index is -0.443. The first-order valence-corrected chi connectivity index (χ1v) is 9.49. The Bertz CT molecular complexity index is 830. The fourth-order valence-corrected chi connectivity index (χ4v) is 3.29. The quantitative estimate of drug-likeness (QED) is 0.451. The highest BCUT2D eigenvalue weighted by Crippen LogP contribution is 2.19. The second-order valence-corrected chi connectivity index (χ2v) is 6.88. The lowest BCUT2D eigenvalue weighted by atomic mass is 10.1. The molecule has 1 fully saturated rings. The second-order valence-electron chi connectivity index (χ2n) is 6.88. The van der Waals surface area contributed by atoms with Gasteiger partial charge in [-0.05, 0) is 49.6 Å². The van der Waals surface area contributed by atoms with Crippen LogP contribution in [0.1, 0.15) is 27.9 Å². The summed E-state index contributed by atoms with van der Waals surface area (Å²) < 4.78 is 5.38. The van der Waals surface area contributed by atoms with Crippen molar-refractivity contribution in [3.8, 4) is 0 Å². The molecular formula is C21H25N3O4. The maximum atomic E-state index is 12.2. The number of hydrogen-bond acceptors (Lipinski definition) is 5. The molecule has 7 nitrogen and oxygen atoms in total. The lowest BCUT2D eigenvalue weighted by Gasteiger charge is -2.28. The number of nitro benzene ring substituents is 1. The minimum absolute atomic E-state index is 0.0251. The van der Waals surface area contributed by atoms with Gasteiger partial charge in [-0.2, -0.15) is 0 Å². The van der Waals surface area contributed by atoms with Gasteiger partial charge in [0.1, 0.15) is 0 Å². The van der Waals surface area contributed by atoms with Crippen LogP contribution in [0.3, 0.4) is 0 Å². The SMILES string of the molecule is Cc1cc(C(=O)NCCCc2ccc(N3CCOCC3)cc2)ccc1[N+](=O)[O-]. The van der Waals surface area contributed by atoms with Crippen LogP contribution in [-0.2, 0) is 11.2 Å². The van der Waals surface area contributed by atoms with Crippen LogP contribution in [0, 0.1) is 17.0 Å². The van der Waals surface area contributed by atoms with E-state index in [0.29, 0.717) is 17.7 Å². The predicted molar refractivity (Wildman–Crippen MR) is 108 cm³/mol. The summed E-state index contributed by atoms with van der Waals surface area (Å²) in [5, 5.41) is 13.7. The van der Waals surface area contributed by atoms with E-state index < -0.39 is 4.92 Å². The summed E-state index contributed by atoms with van der Waals surface area (Å²) >= 11 is 0. The van der Waals surface area contributed by atoms with Gasteiger partial charge >= 0.3 is 0 Å². The highest BCUT2D eigenvalue weighted by molar-refractivity contribution is 5.94. The molecule has 1 saturated heterocycles. The first kappa shape index (κ1) is 19.8. The smallest absolute Gasteiger partial charge is 0.272 e. The summed E-state index contributed by atoms with van der Waals surface area (Å²) in [6, 6.07) is 13.0. The molecule has 0 aliphatic carbocycles. The van der Waals surface area contributed by atoms with Gasteiger partial charge in [-0.3, -0.25) is 14.9 Å². The van der Waals surface area contributed by atoms with Crippen LogP contribution in [0.15, 0.2) is 42.5 Å². The minimum Gasteiger partial charge on any atom is -0.378 e. The Morgan fingerprint density at radius 3 is 2.54 bits per heavy atom. The van der Waals surface area contributed by atoms with Crippen molar-refractivity contribution in [1.82, 2.24) is 5.32 Å². The number of nitrogens with one attached hydrogen (secondary N) is 1. The van der Waals surface area contributed by atoms with E-state index in [4.69, 9.17) is 4.74 Å². The maximum absolute atomic E-state index is 12.2. The largest absolute Gasteiger partial charge is 0.378 e. The van der Waals surface area contributed by atoms with Crippen molar-refractivity contribution in [2.24, 2.45) is 0 Å². The molecule has 148 valence electrons. The molecule has 0 saturated carbocycles. The Kier molecular flexibility index (Phi) is 6.60. The van der Waals surface area contributed by atoms with Crippen LogP contribution in [0.25, 0.3) is 0 Å². The van der Waals surface area contributed by atoms with E-state index >= 15 is 0 Å². The van der Waals surface area contributed by atoms with E-state index in [9.17, 15) is 14.9 Å². The third kappa shape index (κ3) is 5.07. The van der Waals surface area contributed by atoms with E-state index in [1.807, 2.05) is 0 Å². The number of anilines is 1. The molecule has 0 spiro atoms. The van der Waals surface area contributed by atoms with Gasteiger partial charge in [0.15, 0.2) is 0 Å². The number of aryl methyl sites for hydroxylation is 2. The molecule has 3 rings (SSSR count). The number of carbonyl (C=O) groups excluding carboxylic acids is 1. The van der Waals surface area contributed by atoms with Crippen molar-refractivity contribution in [3.05, 3.63) is 69.3 Å². The van der Waals surface area contributed by atoms with Crippen molar-refractivity contribution in [2.75, 3.05) is 37.7 Å². The van der Waals surface area contributed by atoms with E-state index in [-0.39, 0.29) is 11.6 Å². The molecular weight excluding hydrogens is 358 g/mol. The van der Waals surface area contributed by atoms with Crippen LogP contribution >= 0.6 is 0 Å². The Labute approximate surface area is 164 Å². The third-order valence-electron chi connectivity index (χ3n) is 4.90. The van der Waals surface area contributed by atoms with Crippen molar-refractivity contribution in [1.29, 1.82) is 0 Å². The average molecular weight is 383 g/mol. The molecule has 0 aromatic heterocycles. The lowest BCUT2D eigenvalue weighted by Crippen LogP contribution is -2.36. The maximum Gasteiger partial charge on any atom is 0.272 e. The summed E-state index contributed by atoms with van der Waals surface area (Å²) in [5.74, 6) is -0.208. The van der Waals surface area contributed by atoms with Crippen LogP contribution in [0.2, 0.25) is 0 Å². The summed E-state index contributed by atoms with van der Waals surface area (Å²) in [7, 11) is 0. The van der Waals surface area contributed by atoms with Gasteiger partial charge in [0.05, 0.1) is 18.1 Å². The number of benzene rings is 2. The summed E-state index contributed by atoms with van der Waals surface area (Å²) in [5.41, 5.74) is 3.40. The number of ether oxygens (including phenoxy) is 1. The molecule has 0 bridgehead atoms. The highest BCUT2D eigenvalue weighted by atomic mass is 16.6. The molecule has 0 radical (unpaired) electrons. The predicted octanol–water partition coefficient (Wildman–Crippen LogP) is 3.10. The topological polar surface area (TPSA) is 84.7 Å². The van der Waals surface area contributed by atoms with Crippen LogP contribution in [-0.4, -0.2) is 43.7 Å². The zero-order valence-corrected chi connectivity index (χ0v) is 16.0. The zero-order valence-electron chi connectivity index (χ0n) is 16.0. The summed E-state index contributed by atoms with van der Waals surface area (Å²) in [4.78, 5) is 24.9. The highest BCUT2D eigenvalue weighted by Gasteiger charge is 2.13. The van der Waals surface area contributed by atoms with Crippen molar-refractivity contribution < 1.29 is 14.5 Å². The molecule has 2 aromatic rings.